The van der Waals surface area contributed by atoms with Crippen molar-refractivity contribution in [2.45, 2.75) is 39.2 Å². The second-order valence-corrected chi connectivity index (χ2v) is 6.44. The number of nitrogens with two attached hydrogens (primary N) is 1. The number of methoxy groups -OCH3 is 1. The van der Waals surface area contributed by atoms with Gasteiger partial charge in [-0.1, -0.05) is 17.7 Å². The Morgan fingerprint density at radius 1 is 1.38 bits per heavy atom. The number of piperidine rings is 1. The zero-order valence-electron chi connectivity index (χ0n) is 16.0. The molecule has 1 saturated heterocycles. The molecular weight excluding hydrogens is 332 g/mol. The number of carbonyl (C=O) groups is 1. The lowest BCUT2D eigenvalue weighted by Gasteiger charge is -2.31. The van der Waals surface area contributed by atoms with E-state index in [0.29, 0.717) is 32.2 Å². The fraction of sp³-hybridized carbons (Fsp3) is 0.579. The number of hydrogen-bond donors (Lipinski definition) is 2. The number of guanidine groups is 1. The Morgan fingerprint density at radius 2 is 2.12 bits per heavy atom. The Hall–Kier alpha value is -2.44. The molecule has 1 aliphatic rings. The summed E-state index contributed by atoms with van der Waals surface area (Å²) >= 11 is 0. The van der Waals surface area contributed by atoms with Gasteiger partial charge in [0.05, 0.1) is 13.7 Å². The lowest BCUT2D eigenvalue weighted by molar-refractivity contribution is 0.0963. The molecule has 1 aromatic rings. The third-order valence-electron chi connectivity index (χ3n) is 4.47. The molecule has 26 heavy (non-hydrogen) atoms. The average Bonchev–Trinajstić information content (AvgIpc) is 2.62. The molecule has 3 N–H and O–H groups in total. The highest BCUT2D eigenvalue weighted by atomic mass is 16.6. The molecule has 0 saturated carbocycles. The van der Waals surface area contributed by atoms with Crippen LogP contribution in [0.2, 0.25) is 0 Å². The quantitative estimate of drug-likeness (QED) is 0.597. The van der Waals surface area contributed by atoms with Crippen molar-refractivity contribution in [2.75, 3.05) is 33.4 Å². The Bertz CT molecular complexity index is 625. The van der Waals surface area contributed by atoms with Gasteiger partial charge in [0.2, 0.25) is 0 Å². The van der Waals surface area contributed by atoms with E-state index in [1.54, 1.807) is 12.0 Å². The molecular formula is C19H30N4O3. The van der Waals surface area contributed by atoms with Crippen molar-refractivity contribution in [1.82, 2.24) is 10.2 Å². The van der Waals surface area contributed by atoms with Gasteiger partial charge in [-0.15, -0.1) is 0 Å². The van der Waals surface area contributed by atoms with Gasteiger partial charge in [-0.3, -0.25) is 4.99 Å². The van der Waals surface area contributed by atoms with E-state index in [9.17, 15) is 4.79 Å². The predicted octanol–water partition coefficient (Wildman–Crippen LogP) is 2.07. The van der Waals surface area contributed by atoms with Gasteiger partial charge in [0, 0.05) is 25.7 Å². The minimum atomic E-state index is -0.236. The monoisotopic (exact) mass is 362 g/mol. The summed E-state index contributed by atoms with van der Waals surface area (Å²) in [7, 11) is 1.68. The lowest BCUT2D eigenvalue weighted by Crippen LogP contribution is -2.48. The molecule has 0 aliphatic carbocycles. The molecule has 2 rings (SSSR count). The van der Waals surface area contributed by atoms with Gasteiger partial charge < -0.3 is 25.4 Å². The first-order valence-corrected chi connectivity index (χ1v) is 9.15. The summed E-state index contributed by atoms with van der Waals surface area (Å²) < 4.78 is 10.4. The number of rotatable bonds is 6. The van der Waals surface area contributed by atoms with Gasteiger partial charge in [0.25, 0.3) is 0 Å². The molecule has 144 valence electrons. The van der Waals surface area contributed by atoms with E-state index in [0.717, 1.165) is 30.6 Å². The molecule has 1 amide bonds. The number of nitrogens with one attached hydrogen (secondary N) is 1. The highest BCUT2D eigenvalue weighted by molar-refractivity contribution is 5.78. The van der Waals surface area contributed by atoms with Crippen LogP contribution in [0, 0.1) is 6.92 Å². The van der Waals surface area contributed by atoms with E-state index in [2.05, 4.69) is 23.3 Å². The van der Waals surface area contributed by atoms with Crippen molar-refractivity contribution in [3.05, 3.63) is 29.3 Å². The van der Waals surface area contributed by atoms with Crippen LogP contribution >= 0.6 is 0 Å². The number of carbonyl (C=O) groups excluding carboxylic acids is 1. The fourth-order valence-electron chi connectivity index (χ4n) is 3.08. The summed E-state index contributed by atoms with van der Waals surface area (Å²) in [5, 5.41) is 3.25. The maximum atomic E-state index is 11.7. The second-order valence-electron chi connectivity index (χ2n) is 6.44. The van der Waals surface area contributed by atoms with Gasteiger partial charge in [-0.2, -0.15) is 0 Å². The summed E-state index contributed by atoms with van der Waals surface area (Å²) in [5.41, 5.74) is 8.34. The normalized spacial score (nSPS) is 15.7. The maximum absolute atomic E-state index is 11.7. The Morgan fingerprint density at radius 3 is 2.77 bits per heavy atom. The first kappa shape index (κ1) is 19.9. The van der Waals surface area contributed by atoms with Gasteiger partial charge in [-0.25, -0.2) is 4.79 Å². The number of amides is 1. The Balaban J connectivity index is 1.77. The maximum Gasteiger partial charge on any atom is 0.409 e. The summed E-state index contributed by atoms with van der Waals surface area (Å²) in [6.45, 7) is 6.22. The van der Waals surface area contributed by atoms with Crippen LogP contribution in [-0.4, -0.2) is 56.3 Å². The molecule has 7 nitrogen and oxygen atoms in total. The van der Waals surface area contributed by atoms with Crippen LogP contribution < -0.4 is 15.8 Å². The van der Waals surface area contributed by atoms with Crippen molar-refractivity contribution < 1.29 is 14.3 Å². The van der Waals surface area contributed by atoms with Crippen molar-refractivity contribution in [3.8, 4) is 5.75 Å². The number of aryl methyl sites for hydroxylation is 1. The first-order chi connectivity index (χ1) is 12.5. The summed E-state index contributed by atoms with van der Waals surface area (Å²) in [6, 6.07) is 6.36. The zero-order chi connectivity index (χ0) is 18.9. The van der Waals surface area contributed by atoms with Crippen LogP contribution in [0.3, 0.4) is 0 Å². The highest BCUT2D eigenvalue weighted by Crippen LogP contribution is 2.20. The SMILES string of the molecule is CCOC(=O)N1CCC(NC(N)=NCCc2cc(C)ccc2OC)CC1. The Kier molecular flexibility index (Phi) is 7.56. The van der Waals surface area contributed by atoms with Gasteiger partial charge in [-0.05, 0) is 44.7 Å². The number of benzene rings is 1. The third-order valence-corrected chi connectivity index (χ3v) is 4.47. The van der Waals surface area contributed by atoms with Crippen LogP contribution in [0.1, 0.15) is 30.9 Å². The molecule has 1 fully saturated rings. The standard InChI is InChI=1S/C19H30N4O3/c1-4-26-19(24)23-11-8-16(9-12-23)22-18(20)21-10-7-15-13-14(2)5-6-17(15)25-3/h5-6,13,16H,4,7-12H2,1-3H3,(H3,20,21,22). The van der Waals surface area contributed by atoms with E-state index < -0.39 is 0 Å². The van der Waals surface area contributed by atoms with Crippen molar-refractivity contribution in [2.24, 2.45) is 10.7 Å². The molecule has 0 bridgehead atoms. The van der Waals surface area contributed by atoms with Gasteiger partial charge >= 0.3 is 6.09 Å². The number of likely N-dealkylation sites (tertiary alicyclic amines) is 1. The number of ether oxygens (including phenoxy) is 2. The summed E-state index contributed by atoms with van der Waals surface area (Å²) in [6.07, 6.45) is 2.20. The van der Waals surface area contributed by atoms with Crippen LogP contribution in [0.5, 0.6) is 5.75 Å². The molecule has 1 aromatic carbocycles. The van der Waals surface area contributed by atoms with Crippen molar-refractivity contribution >= 4 is 12.1 Å². The molecule has 0 aromatic heterocycles. The minimum absolute atomic E-state index is 0.234. The smallest absolute Gasteiger partial charge is 0.409 e. The van der Waals surface area contributed by atoms with E-state index in [4.69, 9.17) is 15.2 Å². The minimum Gasteiger partial charge on any atom is -0.496 e. The number of aliphatic imine (C=N–C) groups is 1. The molecule has 1 heterocycles. The van der Waals surface area contributed by atoms with E-state index in [-0.39, 0.29) is 12.1 Å². The van der Waals surface area contributed by atoms with Crippen molar-refractivity contribution in [1.29, 1.82) is 0 Å². The van der Waals surface area contributed by atoms with E-state index in [1.165, 1.54) is 5.56 Å². The summed E-state index contributed by atoms with van der Waals surface area (Å²) in [5.74, 6) is 1.33. The first-order valence-electron chi connectivity index (χ1n) is 9.15. The van der Waals surface area contributed by atoms with Crippen LogP contribution in [0.4, 0.5) is 4.79 Å². The highest BCUT2D eigenvalue weighted by Gasteiger charge is 2.23. The predicted molar refractivity (Wildman–Crippen MR) is 103 cm³/mol. The van der Waals surface area contributed by atoms with E-state index in [1.807, 2.05) is 19.1 Å². The average molecular weight is 362 g/mol. The largest absolute Gasteiger partial charge is 0.496 e. The fourth-order valence-corrected chi connectivity index (χ4v) is 3.08. The molecule has 0 unspecified atom stereocenters. The van der Waals surface area contributed by atoms with Crippen LogP contribution in [-0.2, 0) is 11.2 Å². The second kappa shape index (κ2) is 9.89. The molecule has 0 radical (unpaired) electrons. The third kappa shape index (κ3) is 5.82. The number of nitrogens with zero attached hydrogens (tertiary/aromatic N) is 2. The zero-order valence-corrected chi connectivity index (χ0v) is 16.0. The molecule has 0 spiro atoms. The Labute approximate surface area is 155 Å². The van der Waals surface area contributed by atoms with Gasteiger partial charge in [0.15, 0.2) is 5.96 Å². The molecule has 0 atom stereocenters. The van der Waals surface area contributed by atoms with Crippen LogP contribution in [0.15, 0.2) is 23.2 Å². The van der Waals surface area contributed by atoms with E-state index >= 15 is 0 Å². The van der Waals surface area contributed by atoms with Crippen LogP contribution in [0.25, 0.3) is 0 Å². The topological polar surface area (TPSA) is 89.2 Å². The lowest BCUT2D eigenvalue weighted by atomic mass is 10.1. The molecule has 1 aliphatic heterocycles. The van der Waals surface area contributed by atoms with Gasteiger partial charge in [0.1, 0.15) is 5.75 Å². The summed E-state index contributed by atoms with van der Waals surface area (Å²) in [4.78, 5) is 17.9. The number of hydrogen-bond acceptors (Lipinski definition) is 4. The van der Waals surface area contributed by atoms with Crippen molar-refractivity contribution in [3.63, 3.8) is 0 Å². The molecule has 7 heteroatoms.